The summed E-state index contributed by atoms with van der Waals surface area (Å²) >= 11 is 0. The van der Waals surface area contributed by atoms with Crippen molar-refractivity contribution < 1.29 is 9.53 Å². The molecule has 1 amide bonds. The molecule has 2 heterocycles. The van der Waals surface area contributed by atoms with Crippen molar-refractivity contribution in [3.05, 3.63) is 35.9 Å². The van der Waals surface area contributed by atoms with Crippen molar-refractivity contribution in [3.8, 4) is 0 Å². The summed E-state index contributed by atoms with van der Waals surface area (Å²) in [5.74, 6) is 0.160. The molecule has 2 aliphatic rings. The van der Waals surface area contributed by atoms with Gasteiger partial charge in [0.15, 0.2) is 0 Å². The Morgan fingerprint density at radius 1 is 1.15 bits per heavy atom. The molecule has 0 spiro atoms. The van der Waals surface area contributed by atoms with Gasteiger partial charge in [0.2, 0.25) is 5.91 Å². The number of rotatable bonds is 5. The van der Waals surface area contributed by atoms with Crippen molar-refractivity contribution in [2.45, 2.75) is 64.4 Å². The average molecular weight is 360 g/mol. The Kier molecular flexibility index (Phi) is 6.68. The van der Waals surface area contributed by atoms with Crippen molar-refractivity contribution in [1.82, 2.24) is 15.1 Å². The van der Waals surface area contributed by atoms with Gasteiger partial charge in [-0.15, -0.1) is 0 Å². The molecule has 1 aromatic rings. The van der Waals surface area contributed by atoms with Gasteiger partial charge in [-0.25, -0.2) is 0 Å². The van der Waals surface area contributed by atoms with E-state index in [-0.39, 0.29) is 24.2 Å². The smallest absolute Gasteiger partial charge is 0.237 e. The standard InChI is InChI=1S/C21H33N3O2/c1-16-13-24(14-17(2)26-16)18(3)21(25)22-20-9-11-23(12-10-20)15-19-7-5-4-6-8-19/h4-8,16-18,20H,9-15H2,1-3H3,(H,22,25)/t16-,17+,18-/m0/s1. The Labute approximate surface area is 157 Å². The molecule has 2 fully saturated rings. The van der Waals surface area contributed by atoms with E-state index in [9.17, 15) is 4.79 Å². The number of carbonyl (C=O) groups is 1. The molecule has 5 nitrogen and oxygen atoms in total. The lowest BCUT2D eigenvalue weighted by Crippen LogP contribution is -2.56. The van der Waals surface area contributed by atoms with Crippen LogP contribution in [0.4, 0.5) is 0 Å². The van der Waals surface area contributed by atoms with Gasteiger partial charge in [0.25, 0.3) is 0 Å². The van der Waals surface area contributed by atoms with E-state index in [0.717, 1.165) is 45.6 Å². The molecule has 2 aliphatic heterocycles. The first kappa shape index (κ1) is 19.3. The van der Waals surface area contributed by atoms with Gasteiger partial charge in [0, 0.05) is 38.8 Å². The van der Waals surface area contributed by atoms with Crippen molar-refractivity contribution in [3.63, 3.8) is 0 Å². The summed E-state index contributed by atoms with van der Waals surface area (Å²) in [5.41, 5.74) is 1.36. The van der Waals surface area contributed by atoms with E-state index in [2.05, 4.69) is 59.3 Å². The average Bonchev–Trinajstić information content (AvgIpc) is 2.63. The van der Waals surface area contributed by atoms with E-state index in [1.807, 2.05) is 6.92 Å². The van der Waals surface area contributed by atoms with Crippen molar-refractivity contribution >= 4 is 5.91 Å². The topological polar surface area (TPSA) is 44.8 Å². The highest BCUT2D eigenvalue weighted by molar-refractivity contribution is 5.81. The van der Waals surface area contributed by atoms with E-state index < -0.39 is 0 Å². The minimum atomic E-state index is -0.0915. The summed E-state index contributed by atoms with van der Waals surface area (Å²) in [5, 5.41) is 3.28. The number of ether oxygens (including phenoxy) is 1. The molecule has 3 atom stereocenters. The summed E-state index contributed by atoms with van der Waals surface area (Å²) < 4.78 is 5.78. The zero-order valence-electron chi connectivity index (χ0n) is 16.4. The van der Waals surface area contributed by atoms with Crippen LogP contribution in [0.1, 0.15) is 39.2 Å². The first-order chi connectivity index (χ1) is 12.5. The second-order valence-electron chi connectivity index (χ2n) is 7.93. The molecule has 144 valence electrons. The number of carbonyl (C=O) groups excluding carboxylic acids is 1. The molecular formula is C21H33N3O2. The van der Waals surface area contributed by atoms with Crippen LogP contribution in [0.25, 0.3) is 0 Å². The second-order valence-corrected chi connectivity index (χ2v) is 7.93. The summed E-state index contributed by atoms with van der Waals surface area (Å²) in [6, 6.07) is 10.8. The molecule has 0 unspecified atom stereocenters. The number of nitrogens with zero attached hydrogens (tertiary/aromatic N) is 2. The van der Waals surface area contributed by atoms with Crippen LogP contribution in [0, 0.1) is 0 Å². The van der Waals surface area contributed by atoms with E-state index in [1.54, 1.807) is 0 Å². The molecule has 0 bridgehead atoms. The number of hydrogen-bond donors (Lipinski definition) is 1. The highest BCUT2D eigenvalue weighted by Crippen LogP contribution is 2.16. The van der Waals surface area contributed by atoms with E-state index >= 15 is 0 Å². The van der Waals surface area contributed by atoms with Crippen molar-refractivity contribution in [2.24, 2.45) is 0 Å². The van der Waals surface area contributed by atoms with E-state index in [0.29, 0.717) is 6.04 Å². The third kappa shape index (κ3) is 5.29. The number of nitrogens with one attached hydrogen (secondary N) is 1. The molecule has 0 radical (unpaired) electrons. The Balaban J connectivity index is 1.43. The number of likely N-dealkylation sites (tertiary alicyclic amines) is 1. The fraction of sp³-hybridized carbons (Fsp3) is 0.667. The highest BCUT2D eigenvalue weighted by atomic mass is 16.5. The minimum absolute atomic E-state index is 0.0915. The number of benzene rings is 1. The van der Waals surface area contributed by atoms with Crippen LogP contribution in [-0.4, -0.2) is 66.2 Å². The minimum Gasteiger partial charge on any atom is -0.373 e. The van der Waals surface area contributed by atoms with Crippen LogP contribution in [0.5, 0.6) is 0 Å². The highest BCUT2D eigenvalue weighted by Gasteiger charge is 2.30. The molecule has 0 aromatic heterocycles. The normalized spacial score (nSPS) is 27.2. The zero-order valence-corrected chi connectivity index (χ0v) is 16.4. The first-order valence-corrected chi connectivity index (χ1v) is 9.97. The van der Waals surface area contributed by atoms with Crippen LogP contribution in [0.15, 0.2) is 30.3 Å². The monoisotopic (exact) mass is 359 g/mol. The molecule has 0 aliphatic carbocycles. The van der Waals surface area contributed by atoms with E-state index in [1.165, 1.54) is 5.56 Å². The molecule has 1 aromatic carbocycles. The maximum Gasteiger partial charge on any atom is 0.237 e. The van der Waals surface area contributed by atoms with Crippen LogP contribution in [-0.2, 0) is 16.1 Å². The number of morpholine rings is 1. The Bertz CT molecular complexity index is 562. The third-order valence-corrected chi connectivity index (χ3v) is 5.56. The van der Waals surface area contributed by atoms with Gasteiger partial charge >= 0.3 is 0 Å². The number of amides is 1. The lowest BCUT2D eigenvalue weighted by Gasteiger charge is -2.39. The quantitative estimate of drug-likeness (QED) is 0.876. The summed E-state index contributed by atoms with van der Waals surface area (Å²) in [4.78, 5) is 17.4. The van der Waals surface area contributed by atoms with Gasteiger partial charge in [0.1, 0.15) is 0 Å². The van der Waals surface area contributed by atoms with Crippen LogP contribution >= 0.6 is 0 Å². The SMILES string of the molecule is C[C@@H]1CN([C@@H](C)C(=O)NC2CCN(Cc3ccccc3)CC2)C[C@H](C)O1. The fourth-order valence-corrected chi connectivity index (χ4v) is 4.10. The molecule has 1 N–H and O–H groups in total. The van der Waals surface area contributed by atoms with Crippen LogP contribution in [0.3, 0.4) is 0 Å². The summed E-state index contributed by atoms with van der Waals surface area (Å²) in [6.45, 7) is 10.9. The van der Waals surface area contributed by atoms with Gasteiger partial charge in [-0.05, 0) is 39.2 Å². The fourth-order valence-electron chi connectivity index (χ4n) is 4.10. The van der Waals surface area contributed by atoms with Crippen LogP contribution < -0.4 is 5.32 Å². The van der Waals surface area contributed by atoms with Crippen molar-refractivity contribution in [1.29, 1.82) is 0 Å². The lowest BCUT2D eigenvalue weighted by atomic mass is 10.0. The number of hydrogen-bond acceptors (Lipinski definition) is 4. The largest absolute Gasteiger partial charge is 0.373 e. The number of piperidine rings is 1. The summed E-state index contributed by atoms with van der Waals surface area (Å²) in [7, 11) is 0. The Hall–Kier alpha value is -1.43. The predicted molar refractivity (Wildman–Crippen MR) is 104 cm³/mol. The van der Waals surface area contributed by atoms with Gasteiger partial charge < -0.3 is 10.1 Å². The molecule has 0 saturated carbocycles. The molecule has 5 heteroatoms. The van der Waals surface area contributed by atoms with Crippen LogP contribution in [0.2, 0.25) is 0 Å². The molecule has 2 saturated heterocycles. The van der Waals surface area contributed by atoms with Gasteiger partial charge in [-0.2, -0.15) is 0 Å². The lowest BCUT2D eigenvalue weighted by molar-refractivity contribution is -0.132. The van der Waals surface area contributed by atoms with Gasteiger partial charge in [-0.1, -0.05) is 30.3 Å². The van der Waals surface area contributed by atoms with E-state index in [4.69, 9.17) is 4.74 Å². The Morgan fingerprint density at radius 2 is 1.77 bits per heavy atom. The Morgan fingerprint density at radius 3 is 2.38 bits per heavy atom. The maximum atomic E-state index is 12.7. The maximum absolute atomic E-state index is 12.7. The molecular weight excluding hydrogens is 326 g/mol. The predicted octanol–water partition coefficient (Wildman–Crippen LogP) is 2.26. The third-order valence-electron chi connectivity index (χ3n) is 5.56. The summed E-state index contributed by atoms with van der Waals surface area (Å²) in [6.07, 6.45) is 2.44. The van der Waals surface area contributed by atoms with Crippen molar-refractivity contribution in [2.75, 3.05) is 26.2 Å². The first-order valence-electron chi connectivity index (χ1n) is 9.97. The zero-order chi connectivity index (χ0) is 18.5. The van der Waals surface area contributed by atoms with Gasteiger partial charge in [-0.3, -0.25) is 14.6 Å². The van der Waals surface area contributed by atoms with Gasteiger partial charge in [0.05, 0.1) is 18.2 Å². The second kappa shape index (κ2) is 8.98. The molecule has 26 heavy (non-hydrogen) atoms. The molecule has 3 rings (SSSR count).